The Labute approximate surface area is 162 Å². The molecule has 0 spiro atoms. The SMILES string of the molecule is C[C@H]1[C@@H](NC(=O)OCc2ccccc2)c2cc(Br)ccc2N[C@H]1C1CC1. The fourth-order valence-corrected chi connectivity index (χ4v) is 4.21. The van der Waals surface area contributed by atoms with E-state index in [1.807, 2.05) is 36.4 Å². The summed E-state index contributed by atoms with van der Waals surface area (Å²) >= 11 is 3.55. The van der Waals surface area contributed by atoms with Crippen LogP contribution in [0.25, 0.3) is 0 Å². The Morgan fingerprint density at radius 2 is 2.00 bits per heavy atom. The number of nitrogens with one attached hydrogen (secondary N) is 2. The third-order valence-electron chi connectivity index (χ3n) is 5.38. The first-order chi connectivity index (χ1) is 12.6. The highest BCUT2D eigenvalue weighted by atomic mass is 79.9. The summed E-state index contributed by atoms with van der Waals surface area (Å²) in [5, 5.41) is 6.80. The van der Waals surface area contributed by atoms with Crippen molar-refractivity contribution in [3.63, 3.8) is 0 Å². The van der Waals surface area contributed by atoms with Crippen LogP contribution >= 0.6 is 15.9 Å². The molecule has 1 fully saturated rings. The first kappa shape index (κ1) is 17.4. The standard InChI is InChI=1S/C21H23BrN2O2/c1-13-19(15-7-8-15)23-18-10-9-16(22)11-17(18)20(13)24-21(25)26-12-14-5-3-2-4-6-14/h2-6,9-11,13,15,19-20,23H,7-8,12H2,1H3,(H,24,25)/t13-,19-,20-/m1/s1. The average Bonchev–Trinajstić information content (AvgIpc) is 3.48. The Morgan fingerprint density at radius 1 is 1.23 bits per heavy atom. The van der Waals surface area contributed by atoms with E-state index in [1.54, 1.807) is 0 Å². The zero-order chi connectivity index (χ0) is 18.1. The molecule has 1 aliphatic carbocycles. The van der Waals surface area contributed by atoms with E-state index in [1.165, 1.54) is 12.8 Å². The largest absolute Gasteiger partial charge is 0.445 e. The third kappa shape index (κ3) is 3.73. The van der Waals surface area contributed by atoms with Crippen molar-refractivity contribution in [2.75, 3.05) is 5.32 Å². The molecular formula is C21H23BrN2O2. The minimum Gasteiger partial charge on any atom is -0.445 e. The van der Waals surface area contributed by atoms with Crippen LogP contribution in [0.5, 0.6) is 0 Å². The molecule has 2 N–H and O–H groups in total. The summed E-state index contributed by atoms with van der Waals surface area (Å²) < 4.78 is 6.47. The first-order valence-electron chi connectivity index (χ1n) is 9.15. The van der Waals surface area contributed by atoms with Gasteiger partial charge >= 0.3 is 6.09 Å². The summed E-state index contributed by atoms with van der Waals surface area (Å²) in [6.07, 6.45) is 2.16. The van der Waals surface area contributed by atoms with E-state index in [2.05, 4.69) is 45.6 Å². The van der Waals surface area contributed by atoms with Gasteiger partial charge in [0.2, 0.25) is 0 Å². The van der Waals surface area contributed by atoms with Crippen molar-refractivity contribution < 1.29 is 9.53 Å². The number of halogens is 1. The van der Waals surface area contributed by atoms with Gasteiger partial charge in [-0.2, -0.15) is 0 Å². The quantitative estimate of drug-likeness (QED) is 0.717. The summed E-state index contributed by atoms with van der Waals surface area (Å²) in [5.74, 6) is 1.00. The predicted molar refractivity (Wildman–Crippen MR) is 106 cm³/mol. The Bertz CT molecular complexity index is 792. The lowest BCUT2D eigenvalue weighted by Crippen LogP contribution is -2.45. The molecule has 4 rings (SSSR count). The van der Waals surface area contributed by atoms with Gasteiger partial charge < -0.3 is 15.4 Å². The number of alkyl carbamates (subject to hydrolysis) is 1. The van der Waals surface area contributed by atoms with Crippen molar-refractivity contribution >= 4 is 27.7 Å². The zero-order valence-corrected chi connectivity index (χ0v) is 16.3. The maximum absolute atomic E-state index is 12.5. The molecule has 0 unspecified atom stereocenters. The van der Waals surface area contributed by atoms with Gasteiger partial charge in [0.1, 0.15) is 6.61 Å². The van der Waals surface area contributed by atoms with Gasteiger partial charge in [-0.25, -0.2) is 4.79 Å². The van der Waals surface area contributed by atoms with Gasteiger partial charge in [-0.3, -0.25) is 0 Å². The Hall–Kier alpha value is -2.01. The number of carbonyl (C=O) groups is 1. The molecule has 1 saturated carbocycles. The van der Waals surface area contributed by atoms with E-state index < -0.39 is 0 Å². The number of fused-ring (bicyclic) bond motifs is 1. The average molecular weight is 415 g/mol. The molecule has 0 bridgehead atoms. The van der Waals surface area contributed by atoms with Gasteiger partial charge in [0, 0.05) is 22.1 Å². The van der Waals surface area contributed by atoms with Crippen molar-refractivity contribution in [3.8, 4) is 0 Å². The van der Waals surface area contributed by atoms with Gasteiger partial charge in [0.15, 0.2) is 0 Å². The Morgan fingerprint density at radius 3 is 2.73 bits per heavy atom. The number of amides is 1. The van der Waals surface area contributed by atoms with Crippen molar-refractivity contribution in [1.29, 1.82) is 0 Å². The van der Waals surface area contributed by atoms with Crippen LogP contribution in [0, 0.1) is 11.8 Å². The molecule has 136 valence electrons. The summed E-state index contributed by atoms with van der Waals surface area (Å²) in [7, 11) is 0. The fraction of sp³-hybridized carbons (Fsp3) is 0.381. The molecule has 1 aliphatic heterocycles. The lowest BCUT2D eigenvalue weighted by molar-refractivity contribution is 0.130. The summed E-state index contributed by atoms with van der Waals surface area (Å²) in [4.78, 5) is 12.5. The molecule has 3 atom stereocenters. The number of rotatable bonds is 4. The van der Waals surface area contributed by atoms with Crippen LogP contribution in [0.1, 0.15) is 36.9 Å². The number of hydrogen-bond acceptors (Lipinski definition) is 3. The van der Waals surface area contributed by atoms with Gasteiger partial charge in [0.05, 0.1) is 6.04 Å². The van der Waals surface area contributed by atoms with Gasteiger partial charge in [-0.15, -0.1) is 0 Å². The van der Waals surface area contributed by atoms with Crippen LogP contribution < -0.4 is 10.6 Å². The molecule has 0 aromatic heterocycles. The second-order valence-electron chi connectivity index (χ2n) is 7.28. The second kappa shape index (κ2) is 7.31. The molecule has 1 heterocycles. The van der Waals surface area contributed by atoms with Gasteiger partial charge in [-0.1, -0.05) is 53.2 Å². The van der Waals surface area contributed by atoms with Crippen LogP contribution in [0.3, 0.4) is 0 Å². The summed E-state index contributed by atoms with van der Waals surface area (Å²) in [6.45, 7) is 2.49. The first-order valence-corrected chi connectivity index (χ1v) is 9.94. The second-order valence-corrected chi connectivity index (χ2v) is 8.20. The van der Waals surface area contributed by atoms with Crippen molar-refractivity contribution in [3.05, 3.63) is 64.1 Å². The molecule has 4 nitrogen and oxygen atoms in total. The number of ether oxygens (including phenoxy) is 1. The van der Waals surface area contributed by atoms with Gasteiger partial charge in [0.25, 0.3) is 0 Å². The molecule has 0 saturated heterocycles. The van der Waals surface area contributed by atoms with Crippen molar-refractivity contribution in [2.45, 2.75) is 38.5 Å². The third-order valence-corrected chi connectivity index (χ3v) is 5.87. The van der Waals surface area contributed by atoms with Crippen LogP contribution in [0.2, 0.25) is 0 Å². The smallest absolute Gasteiger partial charge is 0.407 e. The lowest BCUT2D eigenvalue weighted by atomic mass is 9.82. The summed E-state index contributed by atoms with van der Waals surface area (Å²) in [6, 6.07) is 16.3. The van der Waals surface area contributed by atoms with E-state index in [0.29, 0.717) is 17.9 Å². The molecule has 2 aromatic carbocycles. The van der Waals surface area contributed by atoms with Gasteiger partial charge in [-0.05, 0) is 48.1 Å². The molecule has 2 aliphatic rings. The topological polar surface area (TPSA) is 50.4 Å². The highest BCUT2D eigenvalue weighted by molar-refractivity contribution is 9.10. The molecular weight excluding hydrogens is 392 g/mol. The molecule has 0 radical (unpaired) electrons. The molecule has 5 heteroatoms. The predicted octanol–water partition coefficient (Wildman–Crippen LogP) is 5.26. The van der Waals surface area contributed by atoms with E-state index in [0.717, 1.165) is 21.3 Å². The number of carbonyl (C=O) groups excluding carboxylic acids is 1. The maximum Gasteiger partial charge on any atom is 0.407 e. The van der Waals surface area contributed by atoms with E-state index >= 15 is 0 Å². The van der Waals surface area contributed by atoms with Crippen LogP contribution in [0.4, 0.5) is 10.5 Å². The van der Waals surface area contributed by atoms with Crippen LogP contribution in [0.15, 0.2) is 53.0 Å². The van der Waals surface area contributed by atoms with E-state index in [4.69, 9.17) is 4.74 Å². The van der Waals surface area contributed by atoms with Crippen LogP contribution in [-0.4, -0.2) is 12.1 Å². The molecule has 26 heavy (non-hydrogen) atoms. The molecule has 1 amide bonds. The Kier molecular flexibility index (Phi) is 4.90. The molecule has 2 aromatic rings. The summed E-state index contributed by atoms with van der Waals surface area (Å²) in [5.41, 5.74) is 3.21. The normalized spacial score (nSPS) is 24.3. The minimum atomic E-state index is -0.368. The Balaban J connectivity index is 1.50. The van der Waals surface area contributed by atoms with Crippen molar-refractivity contribution in [2.24, 2.45) is 11.8 Å². The number of hydrogen-bond donors (Lipinski definition) is 2. The number of anilines is 1. The number of benzene rings is 2. The minimum absolute atomic E-state index is 0.0578. The highest BCUT2D eigenvalue weighted by Gasteiger charge is 2.42. The fourth-order valence-electron chi connectivity index (χ4n) is 3.83. The zero-order valence-electron chi connectivity index (χ0n) is 14.7. The highest BCUT2D eigenvalue weighted by Crippen LogP contribution is 2.46. The van der Waals surface area contributed by atoms with Crippen molar-refractivity contribution in [1.82, 2.24) is 5.32 Å². The van der Waals surface area contributed by atoms with E-state index in [9.17, 15) is 4.79 Å². The lowest BCUT2D eigenvalue weighted by Gasteiger charge is -2.39. The maximum atomic E-state index is 12.5. The van der Waals surface area contributed by atoms with E-state index in [-0.39, 0.29) is 18.7 Å². The van der Waals surface area contributed by atoms with Crippen LogP contribution in [-0.2, 0) is 11.3 Å². The monoisotopic (exact) mass is 414 g/mol.